The predicted octanol–water partition coefficient (Wildman–Crippen LogP) is 5.52. The molecular formula is C18H12ClFO. The summed E-state index contributed by atoms with van der Waals surface area (Å²) in [6.45, 7) is 0. The topological polar surface area (TPSA) is 20.2 Å². The molecule has 0 unspecified atom stereocenters. The number of aromatic hydroxyl groups is 1. The van der Waals surface area contributed by atoms with E-state index in [1.807, 2.05) is 30.3 Å². The van der Waals surface area contributed by atoms with E-state index in [9.17, 15) is 9.50 Å². The minimum atomic E-state index is -0.417. The molecule has 0 aliphatic heterocycles. The Morgan fingerprint density at radius 3 is 2.24 bits per heavy atom. The summed E-state index contributed by atoms with van der Waals surface area (Å²) in [5.74, 6) is -0.371. The first-order valence-corrected chi connectivity index (χ1v) is 6.87. The van der Waals surface area contributed by atoms with E-state index < -0.39 is 5.82 Å². The van der Waals surface area contributed by atoms with Crippen LogP contribution in [0.25, 0.3) is 22.3 Å². The lowest BCUT2D eigenvalue weighted by Gasteiger charge is -2.11. The molecule has 0 radical (unpaired) electrons. The van der Waals surface area contributed by atoms with Crippen LogP contribution in [0.2, 0.25) is 5.02 Å². The van der Waals surface area contributed by atoms with E-state index >= 15 is 0 Å². The fourth-order valence-electron chi connectivity index (χ4n) is 2.32. The summed E-state index contributed by atoms with van der Waals surface area (Å²) in [5.41, 5.74) is 2.25. The molecule has 1 N–H and O–H groups in total. The number of hydrogen-bond acceptors (Lipinski definition) is 1. The summed E-state index contributed by atoms with van der Waals surface area (Å²) in [6, 6.07) is 19.0. The second kappa shape index (κ2) is 5.58. The Kier molecular flexibility index (Phi) is 3.63. The van der Waals surface area contributed by atoms with Gasteiger partial charge in [0, 0.05) is 21.7 Å². The van der Waals surface area contributed by atoms with Crippen molar-refractivity contribution in [1.82, 2.24) is 0 Å². The van der Waals surface area contributed by atoms with Gasteiger partial charge in [0.05, 0.1) is 0 Å². The number of para-hydroxylation sites is 1. The maximum atomic E-state index is 14.0. The first-order chi connectivity index (χ1) is 10.2. The normalized spacial score (nSPS) is 10.6. The van der Waals surface area contributed by atoms with Crippen molar-refractivity contribution in [3.8, 4) is 28.0 Å². The molecule has 3 aromatic rings. The molecule has 0 heterocycles. The average Bonchev–Trinajstić information content (AvgIpc) is 2.51. The Hall–Kier alpha value is -2.32. The molecule has 0 atom stereocenters. The van der Waals surface area contributed by atoms with Crippen LogP contribution in [0.1, 0.15) is 0 Å². The van der Waals surface area contributed by atoms with Gasteiger partial charge in [0.1, 0.15) is 11.6 Å². The fourth-order valence-corrected chi connectivity index (χ4v) is 2.49. The smallest absolute Gasteiger partial charge is 0.131 e. The summed E-state index contributed by atoms with van der Waals surface area (Å²) in [7, 11) is 0. The first kappa shape index (κ1) is 13.7. The fraction of sp³-hybridized carbons (Fsp3) is 0. The minimum Gasteiger partial charge on any atom is -0.507 e. The van der Waals surface area contributed by atoms with Gasteiger partial charge in [-0.25, -0.2) is 4.39 Å². The Balaban J connectivity index is 2.20. The molecule has 104 valence electrons. The lowest BCUT2D eigenvalue weighted by molar-refractivity contribution is 0.478. The van der Waals surface area contributed by atoms with Crippen LogP contribution >= 0.6 is 11.6 Å². The van der Waals surface area contributed by atoms with Gasteiger partial charge in [-0.3, -0.25) is 0 Å². The van der Waals surface area contributed by atoms with E-state index in [0.29, 0.717) is 16.1 Å². The van der Waals surface area contributed by atoms with Gasteiger partial charge in [-0.15, -0.1) is 0 Å². The van der Waals surface area contributed by atoms with Crippen molar-refractivity contribution in [2.75, 3.05) is 0 Å². The Labute approximate surface area is 127 Å². The van der Waals surface area contributed by atoms with E-state index in [1.165, 1.54) is 18.2 Å². The maximum Gasteiger partial charge on any atom is 0.131 e. The zero-order chi connectivity index (χ0) is 14.8. The van der Waals surface area contributed by atoms with Crippen LogP contribution in [-0.2, 0) is 0 Å². The van der Waals surface area contributed by atoms with Crippen molar-refractivity contribution in [1.29, 1.82) is 0 Å². The van der Waals surface area contributed by atoms with Crippen molar-refractivity contribution in [2.24, 2.45) is 0 Å². The second-order valence-electron chi connectivity index (χ2n) is 4.69. The number of rotatable bonds is 2. The van der Waals surface area contributed by atoms with E-state index in [2.05, 4.69) is 0 Å². The van der Waals surface area contributed by atoms with Crippen LogP contribution in [0.5, 0.6) is 5.75 Å². The molecule has 0 spiro atoms. The Bertz CT molecular complexity index is 784. The van der Waals surface area contributed by atoms with Crippen LogP contribution in [0.4, 0.5) is 4.39 Å². The molecule has 0 fully saturated rings. The van der Waals surface area contributed by atoms with E-state index in [-0.39, 0.29) is 11.3 Å². The molecule has 0 amide bonds. The molecule has 3 rings (SSSR count). The second-order valence-corrected chi connectivity index (χ2v) is 5.13. The van der Waals surface area contributed by atoms with Gasteiger partial charge in [0.2, 0.25) is 0 Å². The van der Waals surface area contributed by atoms with E-state index in [1.54, 1.807) is 18.2 Å². The lowest BCUT2D eigenvalue weighted by atomic mass is 9.97. The van der Waals surface area contributed by atoms with Gasteiger partial charge in [0.15, 0.2) is 0 Å². The van der Waals surface area contributed by atoms with Gasteiger partial charge in [0.25, 0.3) is 0 Å². The molecular weight excluding hydrogens is 287 g/mol. The quantitative estimate of drug-likeness (QED) is 0.660. The van der Waals surface area contributed by atoms with Crippen molar-refractivity contribution in [2.45, 2.75) is 0 Å². The van der Waals surface area contributed by atoms with Gasteiger partial charge in [-0.2, -0.15) is 0 Å². The Morgan fingerprint density at radius 1 is 0.762 bits per heavy atom. The highest BCUT2D eigenvalue weighted by Gasteiger charge is 2.14. The van der Waals surface area contributed by atoms with Crippen molar-refractivity contribution in [3.05, 3.63) is 77.6 Å². The van der Waals surface area contributed by atoms with Crippen LogP contribution in [0.15, 0.2) is 66.7 Å². The van der Waals surface area contributed by atoms with Gasteiger partial charge < -0.3 is 5.11 Å². The molecule has 3 heteroatoms. The first-order valence-electron chi connectivity index (χ1n) is 6.49. The summed E-state index contributed by atoms with van der Waals surface area (Å²) in [4.78, 5) is 0. The third-order valence-electron chi connectivity index (χ3n) is 3.34. The maximum absolute atomic E-state index is 14.0. The number of phenols is 1. The van der Waals surface area contributed by atoms with Crippen molar-refractivity contribution >= 4 is 11.6 Å². The van der Waals surface area contributed by atoms with Crippen molar-refractivity contribution < 1.29 is 9.50 Å². The minimum absolute atomic E-state index is 0.0462. The highest BCUT2D eigenvalue weighted by Crippen LogP contribution is 2.39. The molecule has 0 saturated carbocycles. The SMILES string of the molecule is Oc1c(-c2ccccc2)cccc1-c1cc(Cl)ccc1F. The zero-order valence-electron chi connectivity index (χ0n) is 11.1. The van der Waals surface area contributed by atoms with Crippen LogP contribution in [0.3, 0.4) is 0 Å². The molecule has 21 heavy (non-hydrogen) atoms. The summed E-state index contributed by atoms with van der Waals surface area (Å²) in [6.07, 6.45) is 0. The van der Waals surface area contributed by atoms with Crippen molar-refractivity contribution in [3.63, 3.8) is 0 Å². The highest BCUT2D eigenvalue weighted by atomic mass is 35.5. The number of hydrogen-bond donors (Lipinski definition) is 1. The third kappa shape index (κ3) is 2.63. The molecule has 3 aromatic carbocycles. The number of phenolic OH excluding ortho intramolecular Hbond substituents is 1. The largest absolute Gasteiger partial charge is 0.507 e. The number of benzene rings is 3. The van der Waals surface area contributed by atoms with Gasteiger partial charge in [-0.05, 0) is 23.8 Å². The zero-order valence-corrected chi connectivity index (χ0v) is 11.8. The molecule has 0 aliphatic carbocycles. The molecule has 0 bridgehead atoms. The van der Waals surface area contributed by atoms with Crippen LogP contribution < -0.4 is 0 Å². The molecule has 0 aromatic heterocycles. The summed E-state index contributed by atoms with van der Waals surface area (Å²) >= 11 is 5.93. The van der Waals surface area contributed by atoms with Crippen LogP contribution in [-0.4, -0.2) is 5.11 Å². The van der Waals surface area contributed by atoms with Crippen LogP contribution in [0, 0.1) is 5.82 Å². The lowest BCUT2D eigenvalue weighted by Crippen LogP contribution is -1.87. The average molecular weight is 299 g/mol. The molecule has 0 saturated heterocycles. The van der Waals surface area contributed by atoms with E-state index in [4.69, 9.17) is 11.6 Å². The van der Waals surface area contributed by atoms with Gasteiger partial charge >= 0.3 is 0 Å². The Morgan fingerprint density at radius 2 is 1.48 bits per heavy atom. The van der Waals surface area contributed by atoms with E-state index in [0.717, 1.165) is 5.56 Å². The monoisotopic (exact) mass is 298 g/mol. The number of halogens is 2. The van der Waals surface area contributed by atoms with Gasteiger partial charge in [-0.1, -0.05) is 60.1 Å². The molecule has 1 nitrogen and oxygen atoms in total. The third-order valence-corrected chi connectivity index (χ3v) is 3.57. The summed E-state index contributed by atoms with van der Waals surface area (Å²) < 4.78 is 14.0. The predicted molar refractivity (Wildman–Crippen MR) is 83.9 cm³/mol. The standard InChI is InChI=1S/C18H12ClFO/c19-13-9-10-17(20)16(11-13)15-8-4-7-14(18(15)21)12-5-2-1-3-6-12/h1-11,21H. The highest BCUT2D eigenvalue weighted by molar-refractivity contribution is 6.30. The summed E-state index contributed by atoms with van der Waals surface area (Å²) in [5, 5.41) is 10.9. The molecule has 0 aliphatic rings.